The minimum atomic E-state index is -1.00. The second-order valence-electron chi connectivity index (χ2n) is 7.20. The van der Waals surface area contributed by atoms with Gasteiger partial charge in [-0.25, -0.2) is 4.79 Å². The number of nitrogens with zero attached hydrogens (tertiary/aromatic N) is 4. The molecule has 0 spiro atoms. The van der Waals surface area contributed by atoms with Gasteiger partial charge in [-0.3, -0.25) is 18.7 Å². The number of amides is 1. The molecule has 0 aliphatic heterocycles. The van der Waals surface area contributed by atoms with E-state index >= 15 is 0 Å². The third-order valence-electron chi connectivity index (χ3n) is 4.83. The highest BCUT2D eigenvalue weighted by Crippen LogP contribution is 2.26. The van der Waals surface area contributed by atoms with Crippen molar-refractivity contribution < 1.29 is 18.8 Å². The maximum Gasteiger partial charge on any atom is 0.331 e. The van der Waals surface area contributed by atoms with Crippen molar-refractivity contribution in [2.75, 3.05) is 0 Å². The van der Waals surface area contributed by atoms with E-state index in [1.165, 1.54) is 7.05 Å². The minimum absolute atomic E-state index is 0.0248. The molecule has 4 rings (SSSR count). The molecule has 11 nitrogen and oxygen atoms in total. The number of aryl methyl sites for hydroxylation is 1. The largest absolute Gasteiger partial charge is 0.458 e. The number of nitrogens with two attached hydrogens (primary N) is 1. The average Bonchev–Trinajstić information content (AvgIpc) is 3.34. The average molecular weight is 425 g/mol. The van der Waals surface area contributed by atoms with Gasteiger partial charge in [-0.1, -0.05) is 16.8 Å². The van der Waals surface area contributed by atoms with Crippen molar-refractivity contribution in [1.29, 1.82) is 0 Å². The number of aliphatic hydroxyl groups is 1. The smallest absolute Gasteiger partial charge is 0.331 e. The lowest BCUT2D eigenvalue weighted by Crippen LogP contribution is -2.41. The zero-order chi connectivity index (χ0) is 22.3. The van der Waals surface area contributed by atoms with Gasteiger partial charge in [-0.15, -0.1) is 0 Å². The van der Waals surface area contributed by atoms with Crippen molar-refractivity contribution in [3.63, 3.8) is 0 Å². The van der Waals surface area contributed by atoms with E-state index in [9.17, 15) is 19.5 Å². The third-order valence-corrected chi connectivity index (χ3v) is 4.83. The first-order valence-electron chi connectivity index (χ1n) is 9.33. The Morgan fingerprint density at radius 2 is 2.06 bits per heavy atom. The topological polar surface area (TPSA) is 159 Å². The number of fused-ring (bicyclic) bond motifs is 1. The molecular weight excluding hydrogens is 406 g/mol. The van der Waals surface area contributed by atoms with Crippen molar-refractivity contribution in [3.05, 3.63) is 79.9 Å². The SMILES string of the molecule is Cc1ccc2oc([C@@H](O)Cc3noc(Cn4cc(C(N)=O)c(=O)n(C)c4=O)n3)cc2c1. The lowest BCUT2D eigenvalue weighted by molar-refractivity contribution is 0.0997. The van der Waals surface area contributed by atoms with Gasteiger partial charge >= 0.3 is 5.69 Å². The van der Waals surface area contributed by atoms with Gasteiger partial charge in [0, 0.05) is 25.1 Å². The lowest BCUT2D eigenvalue weighted by Gasteiger charge is -2.06. The van der Waals surface area contributed by atoms with Gasteiger partial charge in [-0.2, -0.15) is 4.98 Å². The number of hydrogen-bond donors (Lipinski definition) is 2. The first-order valence-corrected chi connectivity index (χ1v) is 9.33. The fraction of sp³-hybridized carbons (Fsp3) is 0.250. The number of aromatic nitrogens is 4. The van der Waals surface area contributed by atoms with Crippen LogP contribution in [-0.4, -0.2) is 30.3 Å². The van der Waals surface area contributed by atoms with E-state index in [0.717, 1.165) is 26.3 Å². The summed E-state index contributed by atoms with van der Waals surface area (Å²) in [6, 6.07) is 7.45. The molecule has 4 aromatic rings. The Balaban J connectivity index is 1.54. The van der Waals surface area contributed by atoms with Crippen LogP contribution in [0.5, 0.6) is 0 Å². The van der Waals surface area contributed by atoms with E-state index in [-0.39, 0.29) is 30.2 Å². The standard InChI is InChI=1S/C20H19N5O6/c1-10-3-4-14-11(5-10)6-15(30-14)13(26)7-16-22-17(31-23-16)9-25-8-12(18(21)27)19(28)24(2)20(25)29/h3-6,8,13,26H,7,9H2,1-2H3,(H2,21,27)/t13-/m0/s1. The Hall–Kier alpha value is -3.99. The van der Waals surface area contributed by atoms with Crippen LogP contribution in [0.1, 0.15) is 39.5 Å². The zero-order valence-corrected chi connectivity index (χ0v) is 16.7. The molecule has 0 aliphatic rings. The highest BCUT2D eigenvalue weighted by Gasteiger charge is 2.19. The summed E-state index contributed by atoms with van der Waals surface area (Å²) >= 11 is 0. The van der Waals surface area contributed by atoms with Crippen LogP contribution in [0.15, 0.2) is 49.0 Å². The second kappa shape index (κ2) is 7.69. The summed E-state index contributed by atoms with van der Waals surface area (Å²) in [6.07, 6.45) is 0.0824. The summed E-state index contributed by atoms with van der Waals surface area (Å²) < 4.78 is 12.7. The molecule has 1 atom stereocenters. The number of benzene rings is 1. The summed E-state index contributed by atoms with van der Waals surface area (Å²) in [7, 11) is 1.23. The van der Waals surface area contributed by atoms with Crippen LogP contribution < -0.4 is 17.0 Å². The van der Waals surface area contributed by atoms with Crippen LogP contribution in [-0.2, 0) is 20.0 Å². The Bertz CT molecular complexity index is 1410. The molecule has 11 heteroatoms. The van der Waals surface area contributed by atoms with E-state index < -0.39 is 23.3 Å². The van der Waals surface area contributed by atoms with Crippen LogP contribution in [0.25, 0.3) is 11.0 Å². The van der Waals surface area contributed by atoms with Gasteiger partial charge in [0.1, 0.15) is 29.6 Å². The van der Waals surface area contributed by atoms with E-state index in [4.69, 9.17) is 14.7 Å². The minimum Gasteiger partial charge on any atom is -0.458 e. The summed E-state index contributed by atoms with van der Waals surface area (Å²) in [5.41, 5.74) is 5.13. The molecule has 1 aromatic carbocycles. The summed E-state index contributed by atoms with van der Waals surface area (Å²) in [5.74, 6) is -0.331. The molecule has 0 saturated heterocycles. The fourth-order valence-electron chi connectivity index (χ4n) is 3.21. The number of hydrogen-bond acceptors (Lipinski definition) is 8. The first-order chi connectivity index (χ1) is 14.7. The summed E-state index contributed by atoms with van der Waals surface area (Å²) in [6.45, 7) is 1.78. The van der Waals surface area contributed by atoms with Gasteiger partial charge < -0.3 is 19.8 Å². The molecule has 0 fully saturated rings. The molecule has 3 heterocycles. The van der Waals surface area contributed by atoms with Crippen LogP contribution in [0, 0.1) is 6.92 Å². The van der Waals surface area contributed by atoms with Crippen molar-refractivity contribution in [2.45, 2.75) is 26.0 Å². The highest BCUT2D eigenvalue weighted by molar-refractivity contribution is 5.92. The number of carbonyl (C=O) groups is 1. The van der Waals surface area contributed by atoms with Crippen molar-refractivity contribution in [1.82, 2.24) is 19.3 Å². The van der Waals surface area contributed by atoms with Gasteiger partial charge in [0.15, 0.2) is 5.82 Å². The van der Waals surface area contributed by atoms with Crippen molar-refractivity contribution in [3.8, 4) is 0 Å². The molecule has 0 unspecified atom stereocenters. The van der Waals surface area contributed by atoms with E-state index in [1.807, 2.05) is 25.1 Å². The molecule has 3 aromatic heterocycles. The lowest BCUT2D eigenvalue weighted by atomic mass is 10.1. The molecule has 0 saturated carbocycles. The van der Waals surface area contributed by atoms with Gasteiger partial charge in [0.25, 0.3) is 11.5 Å². The Morgan fingerprint density at radius 1 is 1.29 bits per heavy atom. The molecule has 1 amide bonds. The number of rotatable bonds is 6. The highest BCUT2D eigenvalue weighted by atomic mass is 16.5. The zero-order valence-electron chi connectivity index (χ0n) is 16.7. The Labute approximate surface area is 174 Å². The predicted molar refractivity (Wildman–Crippen MR) is 107 cm³/mol. The second-order valence-corrected chi connectivity index (χ2v) is 7.20. The van der Waals surface area contributed by atoms with Crippen LogP contribution in [0.4, 0.5) is 0 Å². The molecule has 31 heavy (non-hydrogen) atoms. The normalized spacial score (nSPS) is 12.4. The molecular formula is C20H19N5O6. The van der Waals surface area contributed by atoms with Gasteiger partial charge in [0.05, 0.1) is 0 Å². The van der Waals surface area contributed by atoms with Crippen LogP contribution >= 0.6 is 0 Å². The maximum atomic E-state index is 12.3. The number of carbonyl (C=O) groups excluding carboxylic acids is 1. The number of furan rings is 1. The molecule has 0 radical (unpaired) electrons. The van der Waals surface area contributed by atoms with E-state index in [1.54, 1.807) is 6.07 Å². The predicted octanol–water partition coefficient (Wildman–Crippen LogP) is 0.408. The Morgan fingerprint density at radius 3 is 2.81 bits per heavy atom. The summed E-state index contributed by atoms with van der Waals surface area (Å²) in [4.78, 5) is 39.8. The van der Waals surface area contributed by atoms with Gasteiger partial charge in [0.2, 0.25) is 5.89 Å². The Kier molecular flexibility index (Phi) is 5.03. The molecule has 3 N–H and O–H groups in total. The van der Waals surface area contributed by atoms with Crippen molar-refractivity contribution in [2.24, 2.45) is 12.8 Å². The van der Waals surface area contributed by atoms with E-state index in [2.05, 4.69) is 10.1 Å². The van der Waals surface area contributed by atoms with E-state index in [0.29, 0.717) is 11.3 Å². The molecule has 0 aliphatic carbocycles. The van der Waals surface area contributed by atoms with Crippen LogP contribution in [0.3, 0.4) is 0 Å². The third kappa shape index (κ3) is 3.90. The number of aliphatic hydroxyl groups excluding tert-OH is 1. The van der Waals surface area contributed by atoms with Crippen LogP contribution in [0.2, 0.25) is 0 Å². The van der Waals surface area contributed by atoms with Gasteiger partial charge in [-0.05, 0) is 25.1 Å². The quantitative estimate of drug-likeness (QED) is 0.449. The fourth-order valence-corrected chi connectivity index (χ4v) is 3.21. The maximum absolute atomic E-state index is 12.3. The van der Waals surface area contributed by atoms with Crippen molar-refractivity contribution >= 4 is 16.9 Å². The number of primary amides is 1. The first kappa shape index (κ1) is 20.3. The molecule has 0 bridgehead atoms. The molecule has 160 valence electrons. The monoisotopic (exact) mass is 425 g/mol. The summed E-state index contributed by atoms with van der Waals surface area (Å²) in [5, 5.41) is 15.2.